The summed E-state index contributed by atoms with van der Waals surface area (Å²) in [6.07, 6.45) is 5.46. The van der Waals surface area contributed by atoms with E-state index in [9.17, 15) is 9.18 Å². The zero-order chi connectivity index (χ0) is 19.3. The summed E-state index contributed by atoms with van der Waals surface area (Å²) in [4.78, 5) is 19.3. The van der Waals surface area contributed by atoms with Gasteiger partial charge in [0.15, 0.2) is 0 Å². The SMILES string of the molecule is O=C(Nc1cccc(-c2ccc(F)cc2)c1)[C@@H]1CCCN1Cc1cccnc1. The summed E-state index contributed by atoms with van der Waals surface area (Å²) in [6.45, 7) is 1.63. The van der Waals surface area contributed by atoms with Crippen LogP contribution < -0.4 is 5.32 Å². The van der Waals surface area contributed by atoms with Crippen molar-refractivity contribution in [3.05, 3.63) is 84.4 Å². The Kier molecular flexibility index (Phi) is 5.44. The van der Waals surface area contributed by atoms with Crippen molar-refractivity contribution < 1.29 is 9.18 Å². The molecule has 0 aliphatic carbocycles. The first kappa shape index (κ1) is 18.3. The van der Waals surface area contributed by atoms with Gasteiger partial charge in [-0.05, 0) is 66.4 Å². The smallest absolute Gasteiger partial charge is 0.241 e. The molecule has 3 aromatic rings. The van der Waals surface area contributed by atoms with E-state index in [1.807, 2.05) is 42.6 Å². The van der Waals surface area contributed by atoms with E-state index in [2.05, 4.69) is 15.2 Å². The Bertz CT molecular complexity index is 944. The van der Waals surface area contributed by atoms with Gasteiger partial charge in [0.05, 0.1) is 6.04 Å². The van der Waals surface area contributed by atoms with Crippen LogP contribution in [0.5, 0.6) is 0 Å². The molecule has 1 amide bonds. The summed E-state index contributed by atoms with van der Waals surface area (Å²) < 4.78 is 13.2. The van der Waals surface area contributed by atoms with E-state index in [0.29, 0.717) is 0 Å². The van der Waals surface area contributed by atoms with Gasteiger partial charge in [0, 0.05) is 24.6 Å². The summed E-state index contributed by atoms with van der Waals surface area (Å²) >= 11 is 0. The predicted molar refractivity (Wildman–Crippen MR) is 108 cm³/mol. The van der Waals surface area contributed by atoms with Gasteiger partial charge in [-0.1, -0.05) is 30.3 Å². The number of aromatic nitrogens is 1. The van der Waals surface area contributed by atoms with Crippen molar-refractivity contribution in [2.75, 3.05) is 11.9 Å². The topological polar surface area (TPSA) is 45.2 Å². The molecule has 2 heterocycles. The number of hydrogen-bond acceptors (Lipinski definition) is 3. The van der Waals surface area contributed by atoms with E-state index in [-0.39, 0.29) is 17.8 Å². The highest BCUT2D eigenvalue weighted by molar-refractivity contribution is 5.95. The van der Waals surface area contributed by atoms with Crippen LogP contribution in [-0.4, -0.2) is 28.4 Å². The van der Waals surface area contributed by atoms with E-state index in [0.717, 1.165) is 48.3 Å². The first-order valence-corrected chi connectivity index (χ1v) is 9.49. The second-order valence-corrected chi connectivity index (χ2v) is 7.07. The third-order valence-electron chi connectivity index (χ3n) is 5.08. The van der Waals surface area contributed by atoms with Crippen molar-refractivity contribution in [2.24, 2.45) is 0 Å². The Hall–Kier alpha value is -3.05. The van der Waals surface area contributed by atoms with E-state index in [1.165, 1.54) is 12.1 Å². The fraction of sp³-hybridized carbons (Fsp3) is 0.217. The number of likely N-dealkylation sites (tertiary alicyclic amines) is 1. The minimum absolute atomic E-state index is 0.0117. The second-order valence-electron chi connectivity index (χ2n) is 7.07. The highest BCUT2D eigenvalue weighted by Gasteiger charge is 2.30. The largest absolute Gasteiger partial charge is 0.325 e. The van der Waals surface area contributed by atoms with Gasteiger partial charge in [-0.2, -0.15) is 0 Å². The molecule has 1 N–H and O–H groups in total. The van der Waals surface area contributed by atoms with Crippen LogP contribution in [0, 0.1) is 5.82 Å². The monoisotopic (exact) mass is 375 g/mol. The van der Waals surface area contributed by atoms with Gasteiger partial charge in [-0.25, -0.2) is 4.39 Å². The van der Waals surface area contributed by atoms with Crippen molar-refractivity contribution in [1.82, 2.24) is 9.88 Å². The van der Waals surface area contributed by atoms with Gasteiger partial charge in [0.25, 0.3) is 0 Å². The van der Waals surface area contributed by atoms with Crippen molar-refractivity contribution in [3.8, 4) is 11.1 Å². The molecule has 0 radical (unpaired) electrons. The highest BCUT2D eigenvalue weighted by Crippen LogP contribution is 2.25. The van der Waals surface area contributed by atoms with E-state index >= 15 is 0 Å². The number of nitrogens with zero attached hydrogens (tertiary/aromatic N) is 2. The van der Waals surface area contributed by atoms with Gasteiger partial charge in [0.2, 0.25) is 5.91 Å². The molecule has 1 aliphatic rings. The Labute approximate surface area is 164 Å². The lowest BCUT2D eigenvalue weighted by Crippen LogP contribution is -2.39. The molecule has 5 heteroatoms. The zero-order valence-electron chi connectivity index (χ0n) is 15.5. The minimum Gasteiger partial charge on any atom is -0.325 e. The molecule has 2 aromatic carbocycles. The minimum atomic E-state index is -0.261. The first-order chi connectivity index (χ1) is 13.7. The van der Waals surface area contributed by atoms with Crippen LogP contribution in [0.1, 0.15) is 18.4 Å². The van der Waals surface area contributed by atoms with Crippen molar-refractivity contribution in [1.29, 1.82) is 0 Å². The van der Waals surface area contributed by atoms with Crippen LogP contribution in [0.3, 0.4) is 0 Å². The van der Waals surface area contributed by atoms with Crippen molar-refractivity contribution in [2.45, 2.75) is 25.4 Å². The molecule has 0 saturated carbocycles. The Morgan fingerprint density at radius 2 is 1.96 bits per heavy atom. The molecule has 4 rings (SSSR count). The van der Waals surface area contributed by atoms with Gasteiger partial charge in [-0.3, -0.25) is 14.7 Å². The normalized spacial score (nSPS) is 16.8. The number of nitrogens with one attached hydrogen (secondary N) is 1. The molecule has 4 nitrogen and oxygen atoms in total. The van der Waals surface area contributed by atoms with E-state index < -0.39 is 0 Å². The highest BCUT2D eigenvalue weighted by atomic mass is 19.1. The average Bonchev–Trinajstić information content (AvgIpc) is 3.18. The van der Waals surface area contributed by atoms with Crippen molar-refractivity contribution in [3.63, 3.8) is 0 Å². The number of rotatable bonds is 5. The lowest BCUT2D eigenvalue weighted by molar-refractivity contribution is -0.120. The Balaban J connectivity index is 1.45. The van der Waals surface area contributed by atoms with Crippen LogP contribution >= 0.6 is 0 Å². The van der Waals surface area contributed by atoms with Crippen LogP contribution in [0.4, 0.5) is 10.1 Å². The molecule has 1 atom stereocenters. The third-order valence-corrected chi connectivity index (χ3v) is 5.08. The molecule has 1 aromatic heterocycles. The number of carbonyl (C=O) groups is 1. The molecule has 1 aliphatic heterocycles. The van der Waals surface area contributed by atoms with Gasteiger partial charge >= 0.3 is 0 Å². The summed E-state index contributed by atoms with van der Waals surface area (Å²) in [7, 11) is 0. The zero-order valence-corrected chi connectivity index (χ0v) is 15.5. The van der Waals surface area contributed by atoms with Crippen LogP contribution in [0.15, 0.2) is 73.1 Å². The number of amides is 1. The van der Waals surface area contributed by atoms with Crippen LogP contribution in [-0.2, 0) is 11.3 Å². The van der Waals surface area contributed by atoms with Crippen LogP contribution in [0.25, 0.3) is 11.1 Å². The maximum Gasteiger partial charge on any atom is 0.241 e. The number of anilines is 1. The Morgan fingerprint density at radius 3 is 2.75 bits per heavy atom. The summed E-state index contributed by atoms with van der Waals surface area (Å²) in [6, 6.07) is 17.8. The standard InChI is InChI=1S/C23H22FN3O/c24-20-10-8-18(9-11-20)19-5-1-6-21(14-19)26-23(28)22-7-3-13-27(22)16-17-4-2-12-25-15-17/h1-2,4-6,8-12,14-15,22H,3,7,13,16H2,(H,26,28)/t22-/m0/s1. The van der Waals surface area contributed by atoms with Crippen LogP contribution in [0.2, 0.25) is 0 Å². The van der Waals surface area contributed by atoms with Gasteiger partial charge < -0.3 is 5.32 Å². The molecule has 0 bridgehead atoms. The maximum atomic E-state index is 13.2. The second kappa shape index (κ2) is 8.31. The van der Waals surface area contributed by atoms with E-state index in [4.69, 9.17) is 0 Å². The molecular weight excluding hydrogens is 353 g/mol. The molecule has 142 valence electrons. The fourth-order valence-electron chi connectivity index (χ4n) is 3.68. The number of pyridine rings is 1. The molecule has 28 heavy (non-hydrogen) atoms. The molecule has 1 fully saturated rings. The summed E-state index contributed by atoms with van der Waals surface area (Å²) in [5.74, 6) is -0.249. The summed E-state index contributed by atoms with van der Waals surface area (Å²) in [5, 5.41) is 3.05. The summed E-state index contributed by atoms with van der Waals surface area (Å²) in [5.41, 5.74) is 3.72. The van der Waals surface area contributed by atoms with Crippen molar-refractivity contribution >= 4 is 11.6 Å². The molecule has 0 spiro atoms. The molecule has 1 saturated heterocycles. The molecular formula is C23H22FN3O. The first-order valence-electron chi connectivity index (χ1n) is 9.49. The molecule has 0 unspecified atom stereocenters. The Morgan fingerprint density at radius 1 is 1.11 bits per heavy atom. The predicted octanol–water partition coefficient (Wildman–Crippen LogP) is 4.49. The lowest BCUT2D eigenvalue weighted by atomic mass is 10.0. The number of halogens is 1. The quantitative estimate of drug-likeness (QED) is 0.715. The third kappa shape index (κ3) is 4.26. The van der Waals surface area contributed by atoms with Gasteiger partial charge in [-0.15, -0.1) is 0 Å². The van der Waals surface area contributed by atoms with Gasteiger partial charge in [0.1, 0.15) is 5.82 Å². The fourth-order valence-corrected chi connectivity index (χ4v) is 3.68. The average molecular weight is 375 g/mol. The maximum absolute atomic E-state index is 13.2. The lowest BCUT2D eigenvalue weighted by Gasteiger charge is -2.23. The van der Waals surface area contributed by atoms with E-state index in [1.54, 1.807) is 18.3 Å². The number of hydrogen-bond donors (Lipinski definition) is 1. The number of benzene rings is 2. The number of carbonyl (C=O) groups excluding carboxylic acids is 1.